The summed E-state index contributed by atoms with van der Waals surface area (Å²) in [5.74, 6) is -1.41. The Hall–Kier alpha value is -0.780. The van der Waals surface area contributed by atoms with Crippen molar-refractivity contribution in [2.45, 2.75) is 32.4 Å². The van der Waals surface area contributed by atoms with Gasteiger partial charge >= 0.3 is 12.1 Å². The topological polar surface area (TPSA) is 49.3 Å². The van der Waals surface area contributed by atoms with E-state index in [0.717, 1.165) is 0 Å². The van der Waals surface area contributed by atoms with Crippen molar-refractivity contribution in [2.24, 2.45) is 5.92 Å². The number of aliphatic carboxylic acids is 1. The van der Waals surface area contributed by atoms with Gasteiger partial charge in [-0.15, -0.1) is 0 Å². The quantitative estimate of drug-likeness (QED) is 0.654. The van der Waals surface area contributed by atoms with Gasteiger partial charge in [-0.3, -0.25) is 4.79 Å². The van der Waals surface area contributed by atoms with Crippen molar-refractivity contribution in [3.05, 3.63) is 0 Å². The van der Waals surface area contributed by atoms with Crippen LogP contribution in [0.15, 0.2) is 0 Å². The van der Waals surface area contributed by atoms with Crippen LogP contribution >= 0.6 is 0 Å². The second-order valence-electron chi connectivity index (χ2n) is 3.52. The number of carboxylic acid groups (broad SMARTS) is 1. The first kappa shape index (κ1) is 14.2. The van der Waals surface area contributed by atoms with Gasteiger partial charge in [-0.2, -0.15) is 13.2 Å². The van der Waals surface area contributed by atoms with Gasteiger partial charge in [0, 0.05) is 13.0 Å². The zero-order chi connectivity index (χ0) is 11.9. The van der Waals surface area contributed by atoms with E-state index in [2.05, 4.69) is 5.32 Å². The molecule has 0 aromatic heterocycles. The Bertz CT molecular complexity index is 194. The molecule has 0 aromatic rings. The summed E-state index contributed by atoms with van der Waals surface area (Å²) in [6.45, 7) is 2.26. The van der Waals surface area contributed by atoms with Gasteiger partial charge < -0.3 is 10.4 Å². The van der Waals surface area contributed by atoms with E-state index < -0.39 is 24.5 Å². The van der Waals surface area contributed by atoms with E-state index >= 15 is 0 Å². The summed E-state index contributed by atoms with van der Waals surface area (Å²) in [6, 6.07) is 0. The van der Waals surface area contributed by atoms with Gasteiger partial charge in [0.2, 0.25) is 0 Å². The third-order valence-corrected chi connectivity index (χ3v) is 1.94. The van der Waals surface area contributed by atoms with Crippen LogP contribution in [0.1, 0.15) is 26.2 Å². The number of rotatable bonds is 7. The van der Waals surface area contributed by atoms with Gasteiger partial charge in [0.25, 0.3) is 0 Å². The SMILES string of the molecule is CC(CNCCCCC(F)(F)F)C(=O)O. The number of carbonyl (C=O) groups is 1. The molecule has 0 fully saturated rings. The number of carboxylic acids is 1. The number of hydrogen-bond acceptors (Lipinski definition) is 2. The minimum absolute atomic E-state index is 0.0813. The minimum atomic E-state index is -4.09. The lowest BCUT2D eigenvalue weighted by Crippen LogP contribution is -2.27. The summed E-state index contributed by atoms with van der Waals surface area (Å²) in [4.78, 5) is 10.4. The molecule has 0 saturated heterocycles. The van der Waals surface area contributed by atoms with Crippen molar-refractivity contribution in [1.29, 1.82) is 0 Å². The predicted octanol–water partition coefficient (Wildman–Crippen LogP) is 2.03. The first-order valence-electron chi connectivity index (χ1n) is 4.83. The van der Waals surface area contributed by atoms with Gasteiger partial charge in [0.05, 0.1) is 5.92 Å². The molecule has 1 atom stereocenters. The highest BCUT2D eigenvalue weighted by Gasteiger charge is 2.25. The van der Waals surface area contributed by atoms with Crippen LogP contribution in [0.25, 0.3) is 0 Å². The molecule has 0 amide bonds. The molecule has 0 aliphatic rings. The van der Waals surface area contributed by atoms with Crippen LogP contribution in [-0.2, 0) is 4.79 Å². The van der Waals surface area contributed by atoms with Gasteiger partial charge in [-0.1, -0.05) is 6.92 Å². The summed E-state index contributed by atoms with van der Waals surface area (Å²) in [5.41, 5.74) is 0. The Kier molecular flexibility index (Phi) is 6.31. The summed E-state index contributed by atoms with van der Waals surface area (Å²) in [6.07, 6.45) is -4.37. The average molecular weight is 227 g/mol. The van der Waals surface area contributed by atoms with Gasteiger partial charge in [0.15, 0.2) is 0 Å². The molecule has 1 unspecified atom stereocenters. The lowest BCUT2D eigenvalue weighted by atomic mass is 10.2. The minimum Gasteiger partial charge on any atom is -0.481 e. The predicted molar refractivity (Wildman–Crippen MR) is 49.6 cm³/mol. The highest BCUT2D eigenvalue weighted by molar-refractivity contribution is 5.69. The van der Waals surface area contributed by atoms with Crippen molar-refractivity contribution >= 4 is 5.97 Å². The van der Waals surface area contributed by atoms with E-state index in [1.165, 1.54) is 0 Å². The smallest absolute Gasteiger partial charge is 0.389 e. The zero-order valence-electron chi connectivity index (χ0n) is 8.60. The normalized spacial score (nSPS) is 13.9. The molecule has 0 rings (SSSR count). The molecule has 0 aromatic carbocycles. The van der Waals surface area contributed by atoms with E-state index in [9.17, 15) is 18.0 Å². The number of hydrogen-bond donors (Lipinski definition) is 2. The molecular formula is C9H16F3NO2. The molecule has 0 aliphatic carbocycles. The number of nitrogens with one attached hydrogen (secondary N) is 1. The van der Waals surface area contributed by atoms with E-state index in [1.807, 2.05) is 0 Å². The van der Waals surface area contributed by atoms with Crippen LogP contribution in [0, 0.1) is 5.92 Å². The molecule has 15 heavy (non-hydrogen) atoms. The molecule has 3 nitrogen and oxygen atoms in total. The molecule has 0 spiro atoms. The number of halogens is 3. The van der Waals surface area contributed by atoms with Crippen LogP contribution < -0.4 is 5.32 Å². The second-order valence-corrected chi connectivity index (χ2v) is 3.52. The molecule has 90 valence electrons. The Morgan fingerprint density at radius 1 is 1.40 bits per heavy atom. The number of unbranched alkanes of at least 4 members (excludes halogenated alkanes) is 1. The van der Waals surface area contributed by atoms with Crippen LogP contribution in [0.5, 0.6) is 0 Å². The van der Waals surface area contributed by atoms with Gasteiger partial charge in [-0.05, 0) is 19.4 Å². The summed E-state index contributed by atoms with van der Waals surface area (Å²) in [7, 11) is 0. The highest BCUT2D eigenvalue weighted by Crippen LogP contribution is 2.21. The van der Waals surface area contributed by atoms with Crippen molar-refractivity contribution < 1.29 is 23.1 Å². The van der Waals surface area contributed by atoms with Crippen molar-refractivity contribution in [3.8, 4) is 0 Å². The summed E-state index contributed by atoms with van der Waals surface area (Å²) in [5, 5.41) is 11.3. The first-order valence-corrected chi connectivity index (χ1v) is 4.83. The molecule has 2 N–H and O–H groups in total. The third kappa shape index (κ3) is 9.52. The number of alkyl halides is 3. The average Bonchev–Trinajstić information content (AvgIpc) is 2.08. The van der Waals surface area contributed by atoms with E-state index in [4.69, 9.17) is 5.11 Å². The van der Waals surface area contributed by atoms with Gasteiger partial charge in [-0.25, -0.2) is 0 Å². The summed E-state index contributed by atoms with van der Waals surface area (Å²) >= 11 is 0. The summed E-state index contributed by atoms with van der Waals surface area (Å²) < 4.78 is 35.1. The van der Waals surface area contributed by atoms with Crippen molar-refractivity contribution in [2.75, 3.05) is 13.1 Å². The standard InChI is InChI=1S/C9H16F3NO2/c1-7(8(14)15)6-13-5-3-2-4-9(10,11)12/h7,13H,2-6H2,1H3,(H,14,15). The van der Waals surface area contributed by atoms with Crippen LogP contribution in [0.2, 0.25) is 0 Å². The largest absolute Gasteiger partial charge is 0.481 e. The molecular weight excluding hydrogens is 211 g/mol. The molecule has 0 saturated carbocycles. The fourth-order valence-electron chi connectivity index (χ4n) is 0.981. The van der Waals surface area contributed by atoms with Crippen LogP contribution in [0.3, 0.4) is 0 Å². The maximum atomic E-state index is 11.7. The highest BCUT2D eigenvalue weighted by atomic mass is 19.4. The Balaban J connectivity index is 3.29. The van der Waals surface area contributed by atoms with Gasteiger partial charge in [0.1, 0.15) is 0 Å². The molecule has 0 radical (unpaired) electrons. The monoisotopic (exact) mass is 227 g/mol. The lowest BCUT2D eigenvalue weighted by molar-refractivity contribution is -0.141. The van der Waals surface area contributed by atoms with Crippen LogP contribution in [-0.4, -0.2) is 30.3 Å². The van der Waals surface area contributed by atoms with E-state index in [-0.39, 0.29) is 6.42 Å². The fourth-order valence-corrected chi connectivity index (χ4v) is 0.981. The maximum absolute atomic E-state index is 11.7. The molecule has 6 heteroatoms. The third-order valence-electron chi connectivity index (χ3n) is 1.94. The molecule has 0 aliphatic heterocycles. The second kappa shape index (κ2) is 6.66. The van der Waals surface area contributed by atoms with Crippen molar-refractivity contribution in [1.82, 2.24) is 5.32 Å². The molecule has 0 bridgehead atoms. The lowest BCUT2D eigenvalue weighted by Gasteiger charge is -2.08. The molecule has 0 heterocycles. The van der Waals surface area contributed by atoms with Crippen LogP contribution in [0.4, 0.5) is 13.2 Å². The Morgan fingerprint density at radius 3 is 2.47 bits per heavy atom. The van der Waals surface area contributed by atoms with E-state index in [1.54, 1.807) is 6.92 Å². The van der Waals surface area contributed by atoms with Crippen molar-refractivity contribution in [3.63, 3.8) is 0 Å². The maximum Gasteiger partial charge on any atom is 0.389 e. The Morgan fingerprint density at radius 2 is 2.00 bits per heavy atom. The van der Waals surface area contributed by atoms with E-state index in [0.29, 0.717) is 19.5 Å². The zero-order valence-corrected chi connectivity index (χ0v) is 8.60. The fraction of sp³-hybridized carbons (Fsp3) is 0.889. The Labute approximate surface area is 86.7 Å². The first-order chi connectivity index (χ1) is 6.83.